The van der Waals surface area contributed by atoms with Gasteiger partial charge in [-0.2, -0.15) is 0 Å². The molecule has 0 amide bonds. The number of rotatable bonds is 0. The molecule has 0 saturated heterocycles. The normalized spacial score (nSPS) is 6.00. The second-order valence-electron chi connectivity index (χ2n) is 0.383. The molecule has 0 aromatic rings. The minimum absolute atomic E-state index is 0. The standard InChI is InChI=1S/4FH.5H2O.V/h4*1H;5*1H2;/q;;;;;;;;;+4/p-4. The summed E-state index contributed by atoms with van der Waals surface area (Å²) in [5.74, 6) is 0. The summed E-state index contributed by atoms with van der Waals surface area (Å²) in [4.78, 5) is 0. The molecule has 73 valence electrons. The third kappa shape index (κ3) is 37500. The molecule has 10 heteroatoms. The molecule has 10 N–H and O–H groups in total. The van der Waals surface area contributed by atoms with Crippen molar-refractivity contribution >= 4 is 0 Å². The minimum atomic E-state index is -6.88. The van der Waals surface area contributed by atoms with E-state index < -0.39 is 16.0 Å². The van der Waals surface area contributed by atoms with Crippen LogP contribution < -0.4 is 0 Å². The first kappa shape index (κ1) is 49.7. The number of hydrogen-bond acceptors (Lipinski definition) is 0. The topological polar surface area (TPSA) is 158 Å². The predicted molar refractivity (Wildman–Crippen MR) is 22.5 cm³/mol. The van der Waals surface area contributed by atoms with E-state index in [1.165, 1.54) is 0 Å². The van der Waals surface area contributed by atoms with Gasteiger partial charge in [-0.25, -0.2) is 0 Å². The fourth-order valence-electron chi connectivity index (χ4n) is 0. The fourth-order valence-corrected chi connectivity index (χ4v) is 0. The van der Waals surface area contributed by atoms with Crippen LogP contribution in [0, 0.1) is 0 Å². The molecular weight excluding hydrogens is 207 g/mol. The second kappa shape index (κ2) is 16.0. The van der Waals surface area contributed by atoms with Crippen LogP contribution in [-0.4, -0.2) is 27.4 Å². The summed E-state index contributed by atoms with van der Waals surface area (Å²) in [6, 6.07) is 0. The first-order valence-electron chi connectivity index (χ1n) is 0.676. The van der Waals surface area contributed by atoms with E-state index >= 15 is 0 Å². The molecule has 0 unspecified atom stereocenters. The SMILES string of the molecule is O.O.O.O.O.[F][V]([F])([F])[F]. The van der Waals surface area contributed by atoms with Crippen LogP contribution in [-0.2, 0) is 16.0 Å². The van der Waals surface area contributed by atoms with Crippen LogP contribution in [0.1, 0.15) is 0 Å². The molecule has 0 bridgehead atoms. The molecule has 0 aliphatic heterocycles. The van der Waals surface area contributed by atoms with Gasteiger partial charge in [0.1, 0.15) is 0 Å². The summed E-state index contributed by atoms with van der Waals surface area (Å²) in [6.45, 7) is 0. The molecule has 0 saturated carbocycles. The van der Waals surface area contributed by atoms with Crippen LogP contribution >= 0.6 is 0 Å². The zero-order valence-corrected chi connectivity index (χ0v) is 5.86. The molecule has 0 radical (unpaired) electrons. The van der Waals surface area contributed by atoms with Crippen LogP contribution in [0.4, 0.5) is 13.6 Å². The van der Waals surface area contributed by atoms with Crippen molar-refractivity contribution in [1.82, 2.24) is 0 Å². The molecule has 0 aliphatic rings. The molecule has 0 aromatic carbocycles. The maximum absolute atomic E-state index is 9.86. The van der Waals surface area contributed by atoms with Gasteiger partial charge in [0.25, 0.3) is 0 Å². The Kier molecular flexibility index (Phi) is 79.8. The van der Waals surface area contributed by atoms with Crippen molar-refractivity contribution < 1.29 is 57.0 Å². The van der Waals surface area contributed by atoms with Gasteiger partial charge in [0.2, 0.25) is 0 Å². The predicted octanol–water partition coefficient (Wildman–Crippen LogP) is -2.45. The van der Waals surface area contributed by atoms with Crippen LogP contribution in [0.15, 0.2) is 0 Å². The first-order chi connectivity index (χ1) is 2.00. The Bertz CT molecular complexity index is 29.1. The fraction of sp³-hybridized carbons (Fsp3) is 0. The number of halogens is 4. The van der Waals surface area contributed by atoms with Gasteiger partial charge >= 0.3 is 29.6 Å². The van der Waals surface area contributed by atoms with Gasteiger partial charge in [-0.15, -0.1) is 0 Å². The molecule has 0 aromatic heterocycles. The Morgan fingerprint density at radius 3 is 0.500 bits per heavy atom. The van der Waals surface area contributed by atoms with Crippen LogP contribution in [0.5, 0.6) is 0 Å². The Balaban J connectivity index is -0.00000000800. The van der Waals surface area contributed by atoms with E-state index in [9.17, 15) is 13.6 Å². The summed E-state index contributed by atoms with van der Waals surface area (Å²) in [6.07, 6.45) is 0. The van der Waals surface area contributed by atoms with Crippen molar-refractivity contribution in [2.24, 2.45) is 0 Å². The molecule has 10 heavy (non-hydrogen) atoms. The average molecular weight is 217 g/mol. The molecule has 5 nitrogen and oxygen atoms in total. The number of hydrogen-bond donors (Lipinski definition) is 0. The van der Waals surface area contributed by atoms with E-state index in [-0.39, 0.29) is 27.4 Å². The zero-order valence-electron chi connectivity index (χ0n) is 4.46. The van der Waals surface area contributed by atoms with Gasteiger partial charge in [-0.3, -0.25) is 0 Å². The van der Waals surface area contributed by atoms with Gasteiger partial charge in [0, 0.05) is 0 Å². The van der Waals surface area contributed by atoms with E-state index in [0.717, 1.165) is 0 Å². The third-order valence-corrected chi connectivity index (χ3v) is 0. The molecule has 0 spiro atoms. The van der Waals surface area contributed by atoms with E-state index in [4.69, 9.17) is 0 Å². The Labute approximate surface area is 57.9 Å². The second-order valence-corrected chi connectivity index (χ2v) is 1.58. The Morgan fingerprint density at radius 1 is 0.500 bits per heavy atom. The summed E-state index contributed by atoms with van der Waals surface area (Å²) >= 11 is -6.88. The van der Waals surface area contributed by atoms with E-state index in [1.54, 1.807) is 0 Å². The molecule has 0 atom stereocenters. The van der Waals surface area contributed by atoms with Crippen molar-refractivity contribution in [2.75, 3.05) is 0 Å². The molecular formula is H10F4O5V. The molecule has 0 fully saturated rings. The van der Waals surface area contributed by atoms with Gasteiger partial charge in [0.05, 0.1) is 0 Å². The van der Waals surface area contributed by atoms with Crippen molar-refractivity contribution in [2.45, 2.75) is 0 Å². The molecule has 0 heterocycles. The van der Waals surface area contributed by atoms with Crippen molar-refractivity contribution in [3.8, 4) is 0 Å². The van der Waals surface area contributed by atoms with Crippen LogP contribution in [0.25, 0.3) is 0 Å². The summed E-state index contributed by atoms with van der Waals surface area (Å²) in [7, 11) is 0. The van der Waals surface area contributed by atoms with Crippen molar-refractivity contribution in [3.63, 3.8) is 0 Å². The Hall–Kier alpha value is 0.104. The summed E-state index contributed by atoms with van der Waals surface area (Å²) < 4.78 is 39.4. The first-order valence-corrected chi connectivity index (χ1v) is 2.79. The monoisotopic (exact) mass is 217 g/mol. The Morgan fingerprint density at radius 2 is 0.500 bits per heavy atom. The van der Waals surface area contributed by atoms with Gasteiger partial charge in [-0.05, 0) is 0 Å². The van der Waals surface area contributed by atoms with Gasteiger partial charge in [-0.1, -0.05) is 0 Å². The van der Waals surface area contributed by atoms with E-state index in [1.807, 2.05) is 0 Å². The summed E-state index contributed by atoms with van der Waals surface area (Å²) in [5.41, 5.74) is 0. The summed E-state index contributed by atoms with van der Waals surface area (Å²) in [5, 5.41) is 0. The average Bonchev–Trinajstić information content (AvgIpc) is 0.722. The van der Waals surface area contributed by atoms with E-state index in [2.05, 4.69) is 0 Å². The van der Waals surface area contributed by atoms with Crippen molar-refractivity contribution in [1.29, 1.82) is 0 Å². The van der Waals surface area contributed by atoms with E-state index in [0.29, 0.717) is 0 Å². The van der Waals surface area contributed by atoms with Crippen LogP contribution in [0.2, 0.25) is 0 Å². The quantitative estimate of drug-likeness (QED) is 0.394. The van der Waals surface area contributed by atoms with Gasteiger partial charge < -0.3 is 27.4 Å². The van der Waals surface area contributed by atoms with Crippen LogP contribution in [0.3, 0.4) is 0 Å². The molecule has 0 aliphatic carbocycles. The zero-order chi connectivity index (χ0) is 4.50. The molecule has 0 rings (SSSR count). The third-order valence-electron chi connectivity index (χ3n) is 0. The maximum atomic E-state index is 9.86. The van der Waals surface area contributed by atoms with Gasteiger partial charge in [0.15, 0.2) is 0 Å². The van der Waals surface area contributed by atoms with Crippen molar-refractivity contribution in [3.05, 3.63) is 0 Å².